The van der Waals surface area contributed by atoms with Crippen LogP contribution in [-0.2, 0) is 9.59 Å². The minimum Gasteiger partial charge on any atom is -0.475 e. The van der Waals surface area contributed by atoms with Gasteiger partial charge in [0.05, 0.1) is 5.69 Å². The van der Waals surface area contributed by atoms with Crippen molar-refractivity contribution in [2.24, 2.45) is 0 Å². The van der Waals surface area contributed by atoms with Crippen LogP contribution in [0.2, 0.25) is 5.02 Å². The van der Waals surface area contributed by atoms with E-state index in [9.17, 15) is 22.8 Å². The Hall–Kier alpha value is -4.31. The van der Waals surface area contributed by atoms with Gasteiger partial charge in [0.2, 0.25) is 11.9 Å². The molecule has 1 saturated heterocycles. The molecule has 0 radical (unpaired) electrons. The summed E-state index contributed by atoms with van der Waals surface area (Å²) in [7, 11) is 0. The van der Waals surface area contributed by atoms with Crippen LogP contribution in [0.1, 0.15) is 10.4 Å². The molecule has 2 heterocycles. The van der Waals surface area contributed by atoms with Gasteiger partial charge < -0.3 is 20.2 Å². The van der Waals surface area contributed by atoms with Gasteiger partial charge >= 0.3 is 12.1 Å². The van der Waals surface area contributed by atoms with Gasteiger partial charge in [0.25, 0.3) is 5.91 Å². The first-order valence-electron chi connectivity index (χ1n) is 11.8. The van der Waals surface area contributed by atoms with E-state index in [0.29, 0.717) is 42.7 Å². The summed E-state index contributed by atoms with van der Waals surface area (Å²) >= 11 is 5.95. The third-order valence-corrected chi connectivity index (χ3v) is 5.87. The summed E-state index contributed by atoms with van der Waals surface area (Å²) in [5.41, 5.74) is 2.93. The second kappa shape index (κ2) is 13.8. The van der Waals surface area contributed by atoms with E-state index in [0.717, 1.165) is 16.9 Å². The van der Waals surface area contributed by atoms with E-state index >= 15 is 0 Å². The van der Waals surface area contributed by atoms with E-state index in [4.69, 9.17) is 31.9 Å². The number of piperazine rings is 1. The highest BCUT2D eigenvalue weighted by Gasteiger charge is 2.38. The molecule has 41 heavy (non-hydrogen) atoms. The Bertz CT molecular complexity index is 1350. The molecule has 4 N–H and O–H groups in total. The molecule has 1 aromatic heterocycles. The summed E-state index contributed by atoms with van der Waals surface area (Å²) in [4.78, 5) is 45.6. The second-order valence-electron chi connectivity index (χ2n) is 8.48. The van der Waals surface area contributed by atoms with Crippen molar-refractivity contribution < 1.29 is 43.1 Å². The number of hydrogen-bond donors (Lipinski definition) is 4. The van der Waals surface area contributed by atoms with E-state index in [1.54, 1.807) is 47.5 Å². The third kappa shape index (κ3) is 9.39. The summed E-state index contributed by atoms with van der Waals surface area (Å²) in [6.45, 7) is 0.896. The highest BCUT2D eigenvalue weighted by Crippen LogP contribution is 2.22. The first-order valence-corrected chi connectivity index (χ1v) is 12.2. The predicted octanol–water partition coefficient (Wildman–Crippen LogP) is 3.54. The molecule has 1 aliphatic heterocycles. The van der Waals surface area contributed by atoms with Crippen LogP contribution in [0.25, 0.3) is 11.3 Å². The Kier molecular flexibility index (Phi) is 10.5. The van der Waals surface area contributed by atoms with Crippen molar-refractivity contribution in [1.82, 2.24) is 25.0 Å². The molecule has 0 unspecified atom stereocenters. The number of carbonyl (C=O) groups excluding carboxylic acids is 2. The fourth-order valence-corrected chi connectivity index (χ4v) is 3.71. The van der Waals surface area contributed by atoms with Crippen LogP contribution in [0.15, 0.2) is 60.8 Å². The molecule has 2 aromatic carbocycles. The number of rotatable bonds is 6. The molecule has 3 aromatic rings. The molecule has 0 aliphatic carbocycles. The first-order chi connectivity index (χ1) is 19.3. The van der Waals surface area contributed by atoms with Gasteiger partial charge in [-0.25, -0.2) is 14.8 Å². The lowest BCUT2D eigenvalue weighted by molar-refractivity contribution is -0.302. The molecular formula is C25H24ClF3N6O6. The summed E-state index contributed by atoms with van der Waals surface area (Å²) in [5, 5.41) is 28.4. The minimum atomic E-state index is -5.08. The molecule has 218 valence electrons. The van der Waals surface area contributed by atoms with Crippen molar-refractivity contribution in [3.8, 4) is 11.3 Å². The third-order valence-electron chi connectivity index (χ3n) is 5.62. The lowest BCUT2D eigenvalue weighted by Gasteiger charge is -2.35. The Morgan fingerprint density at radius 1 is 0.927 bits per heavy atom. The number of aliphatic carboxylic acids is 1. The summed E-state index contributed by atoms with van der Waals surface area (Å²) < 4.78 is 31.7. The number of alkyl halides is 3. The smallest absolute Gasteiger partial charge is 0.475 e. The van der Waals surface area contributed by atoms with Gasteiger partial charge in [-0.2, -0.15) is 13.2 Å². The van der Waals surface area contributed by atoms with Gasteiger partial charge in [-0.05, 0) is 42.5 Å². The average Bonchev–Trinajstić information content (AvgIpc) is 2.93. The van der Waals surface area contributed by atoms with E-state index in [1.807, 2.05) is 18.2 Å². The van der Waals surface area contributed by atoms with Crippen molar-refractivity contribution in [2.75, 3.05) is 38.0 Å². The van der Waals surface area contributed by atoms with E-state index in [1.165, 1.54) is 4.90 Å². The van der Waals surface area contributed by atoms with Crippen LogP contribution >= 0.6 is 11.6 Å². The van der Waals surface area contributed by atoms with E-state index in [-0.39, 0.29) is 11.1 Å². The lowest BCUT2D eigenvalue weighted by atomic mass is 10.1. The number of carboxylic acids is 1. The standard InChI is InChI=1S/C23H23ClN6O4.C2HF3O2/c24-18-5-1-16(2-6-18)20-9-10-25-23(27-20)26-19-7-3-17(4-8-19)22(32)29-13-11-28(12-14-29)21(31)15-30(33)34;3-2(4,5)1(6)7/h1-10,33-34H,11-15H2,(H,25,26,27);(H,6,7). The SMILES string of the molecule is O=C(CN(O)O)N1CCN(C(=O)c2ccc(Nc3nccc(-c4ccc(Cl)cc4)n3)cc2)CC1.O=C(O)C(F)(F)F. The van der Waals surface area contributed by atoms with Crippen molar-refractivity contribution in [3.05, 3.63) is 71.4 Å². The molecule has 4 rings (SSSR count). The summed E-state index contributed by atoms with van der Waals surface area (Å²) in [6.07, 6.45) is -3.42. The van der Waals surface area contributed by atoms with Crippen molar-refractivity contribution in [3.63, 3.8) is 0 Å². The van der Waals surface area contributed by atoms with Gasteiger partial charge in [0.1, 0.15) is 6.54 Å². The van der Waals surface area contributed by atoms with E-state index < -0.39 is 24.6 Å². The number of nitrogens with one attached hydrogen (secondary N) is 1. The second-order valence-corrected chi connectivity index (χ2v) is 8.92. The Morgan fingerprint density at radius 3 is 2.02 bits per heavy atom. The predicted molar refractivity (Wildman–Crippen MR) is 139 cm³/mol. The Morgan fingerprint density at radius 2 is 1.49 bits per heavy atom. The first kappa shape index (κ1) is 31.2. The maximum absolute atomic E-state index is 12.8. The fraction of sp³-hybridized carbons (Fsp3) is 0.240. The van der Waals surface area contributed by atoms with Crippen LogP contribution < -0.4 is 5.32 Å². The number of hydrogen-bond acceptors (Lipinski definition) is 9. The molecule has 12 nitrogen and oxygen atoms in total. The molecule has 1 aliphatic rings. The Balaban J connectivity index is 0.000000587. The zero-order chi connectivity index (χ0) is 30.2. The number of nitrogens with zero attached hydrogens (tertiary/aromatic N) is 5. The quantitative estimate of drug-likeness (QED) is 0.310. The van der Waals surface area contributed by atoms with Gasteiger partial charge in [-0.15, -0.1) is 0 Å². The maximum Gasteiger partial charge on any atom is 0.490 e. The van der Waals surface area contributed by atoms with E-state index in [2.05, 4.69) is 15.3 Å². The molecule has 1 fully saturated rings. The minimum absolute atomic E-state index is 0.134. The van der Waals surface area contributed by atoms with Crippen molar-refractivity contribution in [2.45, 2.75) is 6.18 Å². The number of carbonyl (C=O) groups is 3. The number of aromatic nitrogens is 2. The van der Waals surface area contributed by atoms with Crippen molar-refractivity contribution >= 4 is 41.0 Å². The van der Waals surface area contributed by atoms with Gasteiger partial charge in [-0.1, -0.05) is 29.0 Å². The summed E-state index contributed by atoms with van der Waals surface area (Å²) in [5.74, 6) is -2.87. The monoisotopic (exact) mass is 596 g/mol. The molecule has 0 saturated carbocycles. The largest absolute Gasteiger partial charge is 0.490 e. The molecule has 0 atom stereocenters. The number of amides is 2. The van der Waals surface area contributed by atoms with Gasteiger partial charge in [-0.3, -0.25) is 20.0 Å². The normalized spacial score (nSPS) is 13.3. The number of halogens is 4. The van der Waals surface area contributed by atoms with Crippen LogP contribution in [0.5, 0.6) is 0 Å². The lowest BCUT2D eigenvalue weighted by Crippen LogP contribution is -2.52. The topological polar surface area (TPSA) is 159 Å². The molecule has 0 bridgehead atoms. The molecule has 2 amide bonds. The van der Waals surface area contributed by atoms with Crippen LogP contribution in [0.4, 0.5) is 24.8 Å². The molecule has 16 heteroatoms. The number of carboxylic acid groups (broad SMARTS) is 1. The van der Waals surface area contributed by atoms with Crippen molar-refractivity contribution in [1.29, 1.82) is 0 Å². The van der Waals surface area contributed by atoms with Crippen LogP contribution in [-0.4, -0.2) is 97.2 Å². The number of benzene rings is 2. The molecular weight excluding hydrogens is 573 g/mol. The average molecular weight is 597 g/mol. The highest BCUT2D eigenvalue weighted by atomic mass is 35.5. The zero-order valence-corrected chi connectivity index (χ0v) is 21.9. The zero-order valence-electron chi connectivity index (χ0n) is 21.1. The highest BCUT2D eigenvalue weighted by molar-refractivity contribution is 6.30. The molecule has 0 spiro atoms. The fourth-order valence-electron chi connectivity index (χ4n) is 3.59. The van der Waals surface area contributed by atoms with Crippen LogP contribution in [0.3, 0.4) is 0 Å². The maximum atomic E-state index is 12.8. The Labute approximate surface area is 236 Å². The number of anilines is 2. The van der Waals surface area contributed by atoms with Gasteiger partial charge in [0.15, 0.2) is 0 Å². The summed E-state index contributed by atoms with van der Waals surface area (Å²) in [6, 6.07) is 16.2. The van der Waals surface area contributed by atoms with Crippen LogP contribution in [0, 0.1) is 0 Å². The van der Waals surface area contributed by atoms with Gasteiger partial charge in [0, 0.05) is 54.2 Å². The number of hydroxylamine groups is 2.